The Morgan fingerprint density at radius 1 is 1.42 bits per heavy atom. The number of hydrogen-bond donors (Lipinski definition) is 2. The molecule has 0 unspecified atom stereocenters. The Morgan fingerprint density at radius 2 is 1.92 bits per heavy atom. The zero-order chi connectivity index (χ0) is 9.78. The molecule has 0 saturated carbocycles. The van der Waals surface area contributed by atoms with Gasteiger partial charge in [-0.15, -0.1) is 0 Å². The molecule has 70 valence electrons. The van der Waals surface area contributed by atoms with Gasteiger partial charge in [0.1, 0.15) is 0 Å². The van der Waals surface area contributed by atoms with E-state index in [4.69, 9.17) is 5.11 Å². The second-order valence-electron chi connectivity index (χ2n) is 3.34. The molecule has 2 N–H and O–H groups in total. The number of alkyl carbamates (subject to hydrolysis) is 1. The summed E-state index contributed by atoms with van der Waals surface area (Å²) >= 11 is 0. The molecule has 5 heteroatoms. The number of ether oxygens (including phenoxy) is 1. The molecule has 0 aromatic heterocycles. The molecule has 0 aliphatic heterocycles. The molecule has 12 heavy (non-hydrogen) atoms. The number of hydrogen-bond acceptors (Lipinski definition) is 3. The predicted octanol–water partition coefficient (Wildman–Crippen LogP) is 0.596. The van der Waals surface area contributed by atoms with Crippen molar-refractivity contribution >= 4 is 12.1 Å². The lowest BCUT2D eigenvalue weighted by Crippen LogP contribution is -2.41. The number of nitrogens with one attached hydrogen (secondary N) is 1. The number of rotatable bonds is 2. The molecule has 0 aliphatic carbocycles. The van der Waals surface area contributed by atoms with Crippen molar-refractivity contribution in [2.45, 2.75) is 26.3 Å². The molecule has 0 aromatic carbocycles. The minimum absolute atomic E-state index is 0.407. The van der Waals surface area contributed by atoms with Crippen molar-refractivity contribution in [3.05, 3.63) is 0 Å². The van der Waals surface area contributed by atoms with E-state index in [1.165, 1.54) is 0 Å². The van der Waals surface area contributed by atoms with E-state index in [-0.39, 0.29) is 0 Å². The molecule has 0 aromatic rings. The summed E-state index contributed by atoms with van der Waals surface area (Å²) in [4.78, 5) is 20.7. The van der Waals surface area contributed by atoms with E-state index in [9.17, 15) is 9.59 Å². The minimum atomic E-state index is -1.17. The van der Waals surface area contributed by atoms with Crippen molar-refractivity contribution in [1.82, 2.24) is 5.32 Å². The molecule has 5 nitrogen and oxygen atoms in total. The van der Waals surface area contributed by atoms with Gasteiger partial charge >= 0.3 is 12.1 Å². The smallest absolute Gasteiger partial charge is 0.408 e. The molecule has 0 heterocycles. The van der Waals surface area contributed by atoms with Crippen LogP contribution >= 0.6 is 0 Å². The Kier molecular flexibility index (Phi) is 3.53. The molecule has 0 bridgehead atoms. The van der Waals surface area contributed by atoms with Crippen LogP contribution in [0.4, 0.5) is 4.79 Å². The monoisotopic (exact) mass is 175 g/mol. The first-order valence-electron chi connectivity index (χ1n) is 3.48. The molecule has 0 fully saturated rings. The summed E-state index contributed by atoms with van der Waals surface area (Å²) in [6.45, 7) is 4.71. The molecular formula is C7H13NO4. The summed E-state index contributed by atoms with van der Waals surface area (Å²) in [6.07, 6.45) is -0.718. The lowest BCUT2D eigenvalue weighted by atomic mass is 10.1. The summed E-state index contributed by atoms with van der Waals surface area (Å²) in [5.41, 5.74) is -0.407. The first kappa shape index (κ1) is 10.7. The zero-order valence-corrected chi connectivity index (χ0v) is 7.38. The standard InChI is InChI=1S/C7H13NO4/c1-7(2,3)8-6(11)12-4-5(9)10/h4H2,1-3H3,(H,8,11)(H,9,10). The van der Waals surface area contributed by atoms with Crippen molar-refractivity contribution < 1.29 is 19.4 Å². The maximum atomic E-state index is 10.8. The summed E-state index contributed by atoms with van der Waals surface area (Å²) in [5, 5.41) is 10.6. The first-order valence-corrected chi connectivity index (χ1v) is 3.48. The number of carbonyl (C=O) groups is 2. The third kappa shape index (κ3) is 6.85. The van der Waals surface area contributed by atoms with Gasteiger partial charge in [0, 0.05) is 5.54 Å². The summed E-state index contributed by atoms with van der Waals surface area (Å²) < 4.78 is 4.33. The molecule has 0 radical (unpaired) electrons. The highest BCUT2D eigenvalue weighted by molar-refractivity contribution is 5.74. The Balaban J connectivity index is 3.68. The fraction of sp³-hybridized carbons (Fsp3) is 0.714. The highest BCUT2D eigenvalue weighted by Crippen LogP contribution is 1.98. The summed E-state index contributed by atoms with van der Waals surface area (Å²) in [7, 11) is 0. The molecule has 0 saturated heterocycles. The predicted molar refractivity (Wildman–Crippen MR) is 41.9 cm³/mol. The van der Waals surface area contributed by atoms with Crippen molar-refractivity contribution in [3.63, 3.8) is 0 Å². The quantitative estimate of drug-likeness (QED) is 0.644. The van der Waals surface area contributed by atoms with Gasteiger partial charge in [0.25, 0.3) is 0 Å². The Bertz CT molecular complexity index is 182. The molecule has 1 amide bonds. The number of amides is 1. The molecular weight excluding hydrogens is 162 g/mol. The maximum Gasteiger partial charge on any atom is 0.408 e. The number of carbonyl (C=O) groups excluding carboxylic acids is 1. The van der Waals surface area contributed by atoms with Crippen molar-refractivity contribution in [2.24, 2.45) is 0 Å². The van der Waals surface area contributed by atoms with Crippen LogP contribution in [-0.4, -0.2) is 29.3 Å². The number of aliphatic carboxylic acids is 1. The van der Waals surface area contributed by atoms with Gasteiger partial charge in [0.2, 0.25) is 0 Å². The van der Waals surface area contributed by atoms with Crippen molar-refractivity contribution in [3.8, 4) is 0 Å². The van der Waals surface area contributed by atoms with E-state index in [0.717, 1.165) is 0 Å². The van der Waals surface area contributed by atoms with Crippen LogP contribution in [0, 0.1) is 0 Å². The fourth-order valence-corrected chi connectivity index (χ4v) is 0.470. The van der Waals surface area contributed by atoms with Crippen LogP contribution in [0.1, 0.15) is 20.8 Å². The van der Waals surface area contributed by atoms with E-state index < -0.39 is 24.2 Å². The Labute approximate surface area is 70.7 Å². The highest BCUT2D eigenvalue weighted by Gasteiger charge is 2.14. The second-order valence-corrected chi connectivity index (χ2v) is 3.34. The Hall–Kier alpha value is -1.26. The summed E-state index contributed by atoms with van der Waals surface area (Å²) in [5.74, 6) is -1.17. The topological polar surface area (TPSA) is 75.6 Å². The molecule has 0 aliphatic rings. The number of carboxylic acids is 1. The minimum Gasteiger partial charge on any atom is -0.479 e. The third-order valence-electron chi connectivity index (χ3n) is 0.804. The largest absolute Gasteiger partial charge is 0.479 e. The van der Waals surface area contributed by atoms with Gasteiger partial charge in [-0.05, 0) is 20.8 Å². The van der Waals surface area contributed by atoms with E-state index in [1.807, 2.05) is 0 Å². The number of carboxylic acid groups (broad SMARTS) is 1. The van der Waals surface area contributed by atoms with Gasteiger partial charge in [0.05, 0.1) is 0 Å². The van der Waals surface area contributed by atoms with E-state index >= 15 is 0 Å². The van der Waals surface area contributed by atoms with Crippen LogP contribution in [0.2, 0.25) is 0 Å². The van der Waals surface area contributed by atoms with Crippen LogP contribution < -0.4 is 5.32 Å². The van der Waals surface area contributed by atoms with Crippen LogP contribution in [0.15, 0.2) is 0 Å². The zero-order valence-electron chi connectivity index (χ0n) is 7.38. The average Bonchev–Trinajstić information content (AvgIpc) is 1.79. The van der Waals surface area contributed by atoms with Gasteiger partial charge in [0.15, 0.2) is 6.61 Å². The van der Waals surface area contributed by atoms with E-state index in [2.05, 4.69) is 10.1 Å². The molecule has 0 spiro atoms. The lowest BCUT2D eigenvalue weighted by Gasteiger charge is -2.19. The van der Waals surface area contributed by atoms with Crippen molar-refractivity contribution in [2.75, 3.05) is 6.61 Å². The molecule has 0 atom stereocenters. The van der Waals surface area contributed by atoms with Crippen LogP contribution in [0.25, 0.3) is 0 Å². The van der Waals surface area contributed by atoms with Gasteiger partial charge in [-0.1, -0.05) is 0 Å². The van der Waals surface area contributed by atoms with E-state index in [1.54, 1.807) is 20.8 Å². The highest BCUT2D eigenvalue weighted by atomic mass is 16.6. The lowest BCUT2D eigenvalue weighted by molar-refractivity contribution is -0.140. The van der Waals surface area contributed by atoms with Gasteiger partial charge in [-0.25, -0.2) is 9.59 Å². The van der Waals surface area contributed by atoms with Crippen LogP contribution in [0.3, 0.4) is 0 Å². The van der Waals surface area contributed by atoms with Gasteiger partial charge < -0.3 is 15.2 Å². The van der Waals surface area contributed by atoms with Gasteiger partial charge in [-0.2, -0.15) is 0 Å². The summed E-state index contributed by atoms with van der Waals surface area (Å²) in [6, 6.07) is 0. The Morgan fingerprint density at radius 3 is 2.25 bits per heavy atom. The van der Waals surface area contributed by atoms with Crippen LogP contribution in [0.5, 0.6) is 0 Å². The normalized spacial score (nSPS) is 10.6. The van der Waals surface area contributed by atoms with Crippen LogP contribution in [-0.2, 0) is 9.53 Å². The third-order valence-corrected chi connectivity index (χ3v) is 0.804. The van der Waals surface area contributed by atoms with E-state index in [0.29, 0.717) is 0 Å². The average molecular weight is 175 g/mol. The first-order chi connectivity index (χ1) is 5.31. The fourth-order valence-electron chi connectivity index (χ4n) is 0.470. The van der Waals surface area contributed by atoms with Gasteiger partial charge in [-0.3, -0.25) is 0 Å². The maximum absolute atomic E-state index is 10.8. The second kappa shape index (κ2) is 3.94. The van der Waals surface area contributed by atoms with Crippen molar-refractivity contribution in [1.29, 1.82) is 0 Å². The molecule has 0 rings (SSSR count). The SMILES string of the molecule is CC(C)(C)NC(=O)OCC(=O)O.